The lowest BCUT2D eigenvalue weighted by molar-refractivity contribution is -0.115. The van der Waals surface area contributed by atoms with Gasteiger partial charge in [0.15, 0.2) is 0 Å². The van der Waals surface area contributed by atoms with E-state index in [2.05, 4.69) is 21.2 Å². The van der Waals surface area contributed by atoms with E-state index in [0.29, 0.717) is 12.1 Å². The van der Waals surface area contributed by atoms with E-state index in [1.807, 2.05) is 44.2 Å². The van der Waals surface area contributed by atoms with Gasteiger partial charge in [-0.2, -0.15) is 0 Å². The second-order valence-electron chi connectivity index (χ2n) is 5.66. The first-order valence-corrected chi connectivity index (χ1v) is 8.66. The van der Waals surface area contributed by atoms with E-state index in [1.54, 1.807) is 6.92 Å². The largest absolute Gasteiger partial charge is 0.488 e. The van der Waals surface area contributed by atoms with Crippen molar-refractivity contribution in [1.29, 1.82) is 0 Å². The van der Waals surface area contributed by atoms with Gasteiger partial charge in [0, 0.05) is 17.7 Å². The molecule has 2 aromatic carbocycles. The van der Waals surface area contributed by atoms with Crippen LogP contribution in [-0.2, 0) is 18.0 Å². The van der Waals surface area contributed by atoms with Crippen LogP contribution in [0.4, 0.5) is 5.69 Å². The molecule has 0 fully saturated rings. The summed E-state index contributed by atoms with van der Waals surface area (Å²) < 4.78 is 6.83. The topological polar surface area (TPSA) is 58.6 Å². The molecular formula is C19H22BrNO3. The molecule has 0 aliphatic rings. The summed E-state index contributed by atoms with van der Waals surface area (Å²) in [5.41, 5.74) is 4.52. The quantitative estimate of drug-likeness (QED) is 0.762. The number of nitrogens with one attached hydrogen (secondary N) is 1. The van der Waals surface area contributed by atoms with Gasteiger partial charge in [0.2, 0.25) is 5.91 Å². The van der Waals surface area contributed by atoms with Crippen LogP contribution in [0.2, 0.25) is 0 Å². The third-order valence-corrected chi connectivity index (χ3v) is 4.58. The molecule has 5 heteroatoms. The van der Waals surface area contributed by atoms with Crippen LogP contribution in [0.5, 0.6) is 5.75 Å². The summed E-state index contributed by atoms with van der Waals surface area (Å²) in [7, 11) is 0. The highest BCUT2D eigenvalue weighted by Crippen LogP contribution is 2.30. The van der Waals surface area contributed by atoms with Gasteiger partial charge in [0.1, 0.15) is 12.4 Å². The molecule has 0 spiro atoms. The fraction of sp³-hybridized carbons (Fsp3) is 0.316. The summed E-state index contributed by atoms with van der Waals surface area (Å²) in [4.78, 5) is 11.7. The lowest BCUT2D eigenvalue weighted by Crippen LogP contribution is -2.13. The van der Waals surface area contributed by atoms with Gasteiger partial charge in [-0.1, -0.05) is 19.1 Å². The zero-order chi connectivity index (χ0) is 17.7. The van der Waals surface area contributed by atoms with E-state index in [-0.39, 0.29) is 19.1 Å². The van der Waals surface area contributed by atoms with Crippen molar-refractivity contribution in [1.82, 2.24) is 0 Å². The average molecular weight is 392 g/mol. The SMILES string of the molecule is CCC(=O)Nc1cccc(CO)c1COc1cc(C)c(C)cc1Br. The number of anilines is 1. The first kappa shape index (κ1) is 18.5. The normalized spacial score (nSPS) is 10.5. The van der Waals surface area contributed by atoms with Crippen LogP contribution >= 0.6 is 15.9 Å². The van der Waals surface area contributed by atoms with E-state index < -0.39 is 0 Å². The number of aliphatic hydroxyl groups is 1. The number of rotatable bonds is 6. The van der Waals surface area contributed by atoms with Gasteiger partial charge in [0.25, 0.3) is 0 Å². The summed E-state index contributed by atoms with van der Waals surface area (Å²) >= 11 is 3.52. The van der Waals surface area contributed by atoms with Crippen molar-refractivity contribution in [2.75, 3.05) is 5.32 Å². The molecule has 0 radical (unpaired) electrons. The van der Waals surface area contributed by atoms with Crippen LogP contribution in [0.15, 0.2) is 34.8 Å². The third-order valence-electron chi connectivity index (χ3n) is 3.96. The van der Waals surface area contributed by atoms with E-state index >= 15 is 0 Å². The first-order valence-electron chi connectivity index (χ1n) is 7.87. The molecule has 0 saturated carbocycles. The number of carbonyl (C=O) groups is 1. The minimum absolute atomic E-state index is 0.0706. The smallest absolute Gasteiger partial charge is 0.224 e. The molecule has 2 aromatic rings. The van der Waals surface area contributed by atoms with Gasteiger partial charge in [-0.15, -0.1) is 0 Å². The Morgan fingerprint density at radius 2 is 1.96 bits per heavy atom. The van der Waals surface area contributed by atoms with Crippen molar-refractivity contribution in [2.24, 2.45) is 0 Å². The highest BCUT2D eigenvalue weighted by Gasteiger charge is 2.12. The number of hydrogen-bond acceptors (Lipinski definition) is 3. The fourth-order valence-electron chi connectivity index (χ4n) is 2.32. The maximum Gasteiger partial charge on any atom is 0.224 e. The van der Waals surface area contributed by atoms with E-state index in [4.69, 9.17) is 4.74 Å². The number of ether oxygens (including phenoxy) is 1. The predicted molar refractivity (Wildman–Crippen MR) is 99.2 cm³/mol. The Hall–Kier alpha value is -1.85. The maximum atomic E-state index is 11.7. The monoisotopic (exact) mass is 391 g/mol. The highest BCUT2D eigenvalue weighted by molar-refractivity contribution is 9.10. The van der Waals surface area contributed by atoms with Crippen molar-refractivity contribution in [3.8, 4) is 5.75 Å². The Kier molecular flexibility index (Phi) is 6.40. The molecule has 0 unspecified atom stereocenters. The second kappa shape index (κ2) is 8.31. The van der Waals surface area contributed by atoms with Crippen molar-refractivity contribution < 1.29 is 14.6 Å². The summed E-state index contributed by atoms with van der Waals surface area (Å²) in [5.74, 6) is 0.664. The number of aryl methyl sites for hydroxylation is 2. The molecule has 0 aliphatic heterocycles. The minimum atomic E-state index is -0.109. The first-order chi connectivity index (χ1) is 11.5. The molecule has 4 nitrogen and oxygen atoms in total. The molecule has 24 heavy (non-hydrogen) atoms. The molecule has 0 heterocycles. The number of amides is 1. The van der Waals surface area contributed by atoms with E-state index in [0.717, 1.165) is 26.9 Å². The van der Waals surface area contributed by atoms with Crippen LogP contribution < -0.4 is 10.1 Å². The van der Waals surface area contributed by atoms with Crippen LogP contribution in [0.3, 0.4) is 0 Å². The molecule has 0 atom stereocenters. The summed E-state index contributed by atoms with van der Waals surface area (Å²) in [6.07, 6.45) is 0.395. The molecule has 1 amide bonds. The molecule has 0 aromatic heterocycles. The highest BCUT2D eigenvalue weighted by atomic mass is 79.9. The average Bonchev–Trinajstić information content (AvgIpc) is 2.57. The van der Waals surface area contributed by atoms with Gasteiger partial charge in [-0.05, 0) is 64.7 Å². The van der Waals surface area contributed by atoms with Crippen molar-refractivity contribution in [2.45, 2.75) is 40.4 Å². The number of carbonyl (C=O) groups excluding carboxylic acids is 1. The number of halogens is 1. The molecule has 0 bridgehead atoms. The number of hydrogen-bond donors (Lipinski definition) is 2. The van der Waals surface area contributed by atoms with Crippen LogP contribution in [0.1, 0.15) is 35.6 Å². The van der Waals surface area contributed by atoms with Crippen molar-refractivity contribution in [3.05, 3.63) is 57.1 Å². The molecule has 0 saturated heterocycles. The second-order valence-corrected chi connectivity index (χ2v) is 6.51. The Morgan fingerprint density at radius 1 is 1.25 bits per heavy atom. The zero-order valence-electron chi connectivity index (χ0n) is 14.1. The Balaban J connectivity index is 2.28. The minimum Gasteiger partial charge on any atom is -0.488 e. The Bertz CT molecular complexity index is 744. The number of aliphatic hydroxyl groups excluding tert-OH is 1. The van der Waals surface area contributed by atoms with Crippen molar-refractivity contribution in [3.63, 3.8) is 0 Å². The molecule has 2 N–H and O–H groups in total. The van der Waals surface area contributed by atoms with Gasteiger partial charge < -0.3 is 15.2 Å². The van der Waals surface area contributed by atoms with E-state index in [1.165, 1.54) is 5.56 Å². The van der Waals surface area contributed by atoms with Crippen LogP contribution in [0, 0.1) is 13.8 Å². The third kappa shape index (κ3) is 4.36. The Morgan fingerprint density at radius 3 is 2.62 bits per heavy atom. The predicted octanol–water partition coefficient (Wildman–Crippen LogP) is 4.49. The van der Waals surface area contributed by atoms with Gasteiger partial charge in [-0.25, -0.2) is 0 Å². The molecule has 2 rings (SSSR count). The van der Waals surface area contributed by atoms with Crippen molar-refractivity contribution >= 4 is 27.5 Å². The van der Waals surface area contributed by atoms with Gasteiger partial charge in [0.05, 0.1) is 11.1 Å². The van der Waals surface area contributed by atoms with Crippen LogP contribution in [0.25, 0.3) is 0 Å². The number of benzene rings is 2. The molecule has 0 aliphatic carbocycles. The molecule has 128 valence electrons. The zero-order valence-corrected chi connectivity index (χ0v) is 15.7. The van der Waals surface area contributed by atoms with Gasteiger partial charge >= 0.3 is 0 Å². The summed E-state index contributed by atoms with van der Waals surface area (Å²) in [6.45, 7) is 6.03. The lowest BCUT2D eigenvalue weighted by Gasteiger charge is -2.16. The summed E-state index contributed by atoms with van der Waals surface area (Å²) in [5, 5.41) is 12.5. The fourth-order valence-corrected chi connectivity index (χ4v) is 2.90. The van der Waals surface area contributed by atoms with Crippen LogP contribution in [-0.4, -0.2) is 11.0 Å². The maximum absolute atomic E-state index is 11.7. The molecular weight excluding hydrogens is 370 g/mol. The summed E-state index contributed by atoms with van der Waals surface area (Å²) in [6, 6.07) is 9.45. The lowest BCUT2D eigenvalue weighted by atomic mass is 10.1. The standard InChI is InChI=1S/C19H22BrNO3/c1-4-19(23)21-17-7-5-6-14(10-22)15(17)11-24-18-9-13(3)12(2)8-16(18)20/h5-9,22H,4,10-11H2,1-3H3,(H,21,23). The van der Waals surface area contributed by atoms with Gasteiger partial charge in [-0.3, -0.25) is 4.79 Å². The van der Waals surface area contributed by atoms with E-state index in [9.17, 15) is 9.90 Å². The Labute approximate surface area is 151 Å².